The van der Waals surface area contributed by atoms with Crippen LogP contribution in [0.3, 0.4) is 0 Å². The van der Waals surface area contributed by atoms with Crippen molar-refractivity contribution in [3.05, 3.63) is 0 Å². The Bertz CT molecular complexity index is 106. The second kappa shape index (κ2) is 7.92. The largest absolute Gasteiger partial charge is 0.356 e. The molecule has 0 saturated carbocycles. The first-order valence-electron chi connectivity index (χ1n) is 4.07. The average Bonchev–Trinajstić information content (AvgIpc) is 2.01. The van der Waals surface area contributed by atoms with Gasteiger partial charge in [0.25, 0.3) is 0 Å². The first-order valence-corrected chi connectivity index (χ1v) is 5.46. The molecule has 0 aliphatic heterocycles. The van der Waals surface area contributed by atoms with E-state index in [1.54, 1.807) is 11.8 Å². The number of carbonyl (C=O) groups is 1. The van der Waals surface area contributed by atoms with Gasteiger partial charge in [0.15, 0.2) is 0 Å². The van der Waals surface area contributed by atoms with E-state index in [1.807, 2.05) is 0 Å². The van der Waals surface area contributed by atoms with Gasteiger partial charge in [0.1, 0.15) is 0 Å². The van der Waals surface area contributed by atoms with Gasteiger partial charge in [0.2, 0.25) is 5.91 Å². The summed E-state index contributed by atoms with van der Waals surface area (Å²) in [6.07, 6.45) is 4.76. The standard InChI is InChI=1S/C8H17NOS/c1-3-6-9-8(10)5-4-7-11-2/h3-7H2,1-2H3,(H,9,10). The Kier molecular flexibility index (Phi) is 7.79. The van der Waals surface area contributed by atoms with Crippen LogP contribution in [0.2, 0.25) is 0 Å². The predicted octanol–water partition coefficient (Wildman–Crippen LogP) is 1.66. The Morgan fingerprint density at radius 2 is 2.27 bits per heavy atom. The SMILES string of the molecule is CCCNC(=O)CCCSC. The van der Waals surface area contributed by atoms with E-state index in [0.29, 0.717) is 6.42 Å². The highest BCUT2D eigenvalue weighted by Gasteiger charge is 1.97. The minimum Gasteiger partial charge on any atom is -0.356 e. The highest BCUT2D eigenvalue weighted by molar-refractivity contribution is 7.98. The topological polar surface area (TPSA) is 29.1 Å². The molecule has 0 aromatic carbocycles. The van der Waals surface area contributed by atoms with Gasteiger partial charge >= 0.3 is 0 Å². The zero-order valence-electron chi connectivity index (χ0n) is 7.35. The van der Waals surface area contributed by atoms with Crippen LogP contribution in [0.15, 0.2) is 0 Å². The van der Waals surface area contributed by atoms with Crippen molar-refractivity contribution in [3.8, 4) is 0 Å². The maximum absolute atomic E-state index is 11.0. The molecule has 0 aliphatic rings. The lowest BCUT2D eigenvalue weighted by atomic mass is 10.3. The fourth-order valence-electron chi connectivity index (χ4n) is 0.730. The number of carbonyl (C=O) groups excluding carboxylic acids is 1. The average molecular weight is 175 g/mol. The fourth-order valence-corrected chi connectivity index (χ4v) is 1.16. The molecule has 0 heterocycles. The van der Waals surface area contributed by atoms with Gasteiger partial charge in [0, 0.05) is 13.0 Å². The van der Waals surface area contributed by atoms with Crippen molar-refractivity contribution < 1.29 is 4.79 Å². The molecule has 0 unspecified atom stereocenters. The minimum absolute atomic E-state index is 0.195. The molecule has 11 heavy (non-hydrogen) atoms. The summed E-state index contributed by atoms with van der Waals surface area (Å²) in [7, 11) is 0. The zero-order valence-corrected chi connectivity index (χ0v) is 8.17. The van der Waals surface area contributed by atoms with E-state index in [9.17, 15) is 4.79 Å². The molecular weight excluding hydrogens is 158 g/mol. The highest BCUT2D eigenvalue weighted by Crippen LogP contribution is 1.98. The monoisotopic (exact) mass is 175 g/mol. The lowest BCUT2D eigenvalue weighted by Gasteiger charge is -2.01. The molecule has 0 atom stereocenters. The third-order valence-corrected chi connectivity index (χ3v) is 2.02. The van der Waals surface area contributed by atoms with Gasteiger partial charge in [-0.15, -0.1) is 0 Å². The number of hydrogen-bond acceptors (Lipinski definition) is 2. The summed E-state index contributed by atoms with van der Waals surface area (Å²) in [5, 5.41) is 2.84. The highest BCUT2D eigenvalue weighted by atomic mass is 32.2. The van der Waals surface area contributed by atoms with Crippen LogP contribution in [0.5, 0.6) is 0 Å². The maximum Gasteiger partial charge on any atom is 0.220 e. The second-order valence-electron chi connectivity index (χ2n) is 2.45. The van der Waals surface area contributed by atoms with E-state index in [0.717, 1.165) is 25.1 Å². The van der Waals surface area contributed by atoms with Crippen molar-refractivity contribution in [1.29, 1.82) is 0 Å². The van der Waals surface area contributed by atoms with Crippen LogP contribution in [0.25, 0.3) is 0 Å². The third-order valence-electron chi connectivity index (χ3n) is 1.32. The molecule has 3 heteroatoms. The van der Waals surface area contributed by atoms with E-state index in [-0.39, 0.29) is 5.91 Å². The zero-order chi connectivity index (χ0) is 8.53. The molecule has 0 aromatic rings. The first kappa shape index (κ1) is 10.8. The molecule has 1 amide bonds. The summed E-state index contributed by atoms with van der Waals surface area (Å²) in [5.74, 6) is 1.28. The Morgan fingerprint density at radius 1 is 1.55 bits per heavy atom. The molecule has 0 fully saturated rings. The van der Waals surface area contributed by atoms with Crippen LogP contribution in [-0.4, -0.2) is 24.5 Å². The van der Waals surface area contributed by atoms with Crippen molar-refractivity contribution in [1.82, 2.24) is 5.32 Å². The van der Waals surface area contributed by atoms with Crippen molar-refractivity contribution in [2.75, 3.05) is 18.6 Å². The number of amides is 1. The van der Waals surface area contributed by atoms with Gasteiger partial charge in [-0.25, -0.2) is 0 Å². The number of nitrogens with one attached hydrogen (secondary N) is 1. The molecule has 0 radical (unpaired) electrons. The van der Waals surface area contributed by atoms with Gasteiger partial charge in [-0.3, -0.25) is 4.79 Å². The van der Waals surface area contributed by atoms with Crippen LogP contribution in [0.4, 0.5) is 0 Å². The Morgan fingerprint density at radius 3 is 2.82 bits per heavy atom. The Balaban J connectivity index is 3.09. The molecule has 0 saturated heterocycles. The second-order valence-corrected chi connectivity index (χ2v) is 3.43. The Hall–Kier alpha value is -0.180. The van der Waals surface area contributed by atoms with Gasteiger partial charge in [-0.1, -0.05) is 6.92 Å². The van der Waals surface area contributed by atoms with Gasteiger partial charge in [-0.05, 0) is 24.9 Å². The Labute approximate surface area is 73.1 Å². The molecular formula is C8H17NOS. The molecule has 1 N–H and O–H groups in total. The van der Waals surface area contributed by atoms with E-state index < -0.39 is 0 Å². The van der Waals surface area contributed by atoms with Crippen molar-refractivity contribution in [2.45, 2.75) is 26.2 Å². The third kappa shape index (κ3) is 7.72. The molecule has 0 rings (SSSR count). The van der Waals surface area contributed by atoms with E-state index in [4.69, 9.17) is 0 Å². The summed E-state index contributed by atoms with van der Waals surface area (Å²) in [5.41, 5.74) is 0. The van der Waals surface area contributed by atoms with Crippen molar-refractivity contribution in [3.63, 3.8) is 0 Å². The summed E-state index contributed by atoms with van der Waals surface area (Å²) < 4.78 is 0. The number of hydrogen-bond donors (Lipinski definition) is 1. The smallest absolute Gasteiger partial charge is 0.220 e. The summed E-state index contributed by atoms with van der Waals surface area (Å²) in [6, 6.07) is 0. The van der Waals surface area contributed by atoms with Crippen LogP contribution in [0, 0.1) is 0 Å². The summed E-state index contributed by atoms with van der Waals surface area (Å²) in [6.45, 7) is 2.88. The molecule has 66 valence electrons. The number of thioether (sulfide) groups is 1. The molecule has 0 aromatic heterocycles. The quantitative estimate of drug-likeness (QED) is 0.622. The van der Waals surface area contributed by atoms with Crippen LogP contribution in [-0.2, 0) is 4.79 Å². The van der Waals surface area contributed by atoms with E-state index in [2.05, 4.69) is 18.5 Å². The first-order chi connectivity index (χ1) is 5.31. The minimum atomic E-state index is 0.195. The lowest BCUT2D eigenvalue weighted by Crippen LogP contribution is -2.23. The van der Waals surface area contributed by atoms with Crippen LogP contribution >= 0.6 is 11.8 Å². The van der Waals surface area contributed by atoms with E-state index >= 15 is 0 Å². The summed E-state index contributed by atoms with van der Waals surface area (Å²) >= 11 is 1.79. The van der Waals surface area contributed by atoms with Crippen LogP contribution < -0.4 is 5.32 Å². The van der Waals surface area contributed by atoms with Crippen molar-refractivity contribution in [2.24, 2.45) is 0 Å². The maximum atomic E-state index is 11.0. The van der Waals surface area contributed by atoms with E-state index in [1.165, 1.54) is 0 Å². The normalized spacial score (nSPS) is 9.64. The fraction of sp³-hybridized carbons (Fsp3) is 0.875. The summed E-state index contributed by atoms with van der Waals surface area (Å²) in [4.78, 5) is 11.0. The molecule has 2 nitrogen and oxygen atoms in total. The van der Waals surface area contributed by atoms with Gasteiger partial charge < -0.3 is 5.32 Å². The molecule has 0 bridgehead atoms. The van der Waals surface area contributed by atoms with Gasteiger partial charge in [-0.2, -0.15) is 11.8 Å². The van der Waals surface area contributed by atoms with Gasteiger partial charge in [0.05, 0.1) is 0 Å². The van der Waals surface area contributed by atoms with Crippen LogP contribution in [0.1, 0.15) is 26.2 Å². The number of rotatable bonds is 6. The lowest BCUT2D eigenvalue weighted by molar-refractivity contribution is -0.121. The predicted molar refractivity (Wildman–Crippen MR) is 50.9 cm³/mol. The molecule has 0 spiro atoms. The molecule has 0 aliphatic carbocycles. The van der Waals surface area contributed by atoms with Crippen molar-refractivity contribution >= 4 is 17.7 Å².